The van der Waals surface area contributed by atoms with Gasteiger partial charge in [-0.25, -0.2) is 4.58 Å². The van der Waals surface area contributed by atoms with Gasteiger partial charge in [-0.05, 0) is 66.5 Å². The van der Waals surface area contributed by atoms with Gasteiger partial charge in [0.2, 0.25) is 5.71 Å². The molecule has 0 fully saturated rings. The monoisotopic (exact) mass is 703 g/mol. The molecule has 0 unspecified atom stereocenters. The number of hydrogen-bond donors (Lipinski definition) is 2. The van der Waals surface area contributed by atoms with Crippen molar-refractivity contribution in [1.29, 1.82) is 0 Å². The molecule has 2 N–H and O–H groups in total. The second-order valence-electron chi connectivity index (χ2n) is 11.1. The summed E-state index contributed by atoms with van der Waals surface area (Å²) in [6.45, 7) is 4.26. The first-order chi connectivity index (χ1) is 22.9. The van der Waals surface area contributed by atoms with Gasteiger partial charge in [0.1, 0.15) is 6.54 Å². The van der Waals surface area contributed by atoms with Crippen LogP contribution in [0.15, 0.2) is 139 Å². The minimum atomic E-state index is -4.50. The molecular formula is C37H36ClN2O6S2+. The number of allylic oxidation sites excluding steroid dienone is 5. The molecule has 0 aliphatic heterocycles. The number of rotatable bonds is 11. The Kier molecular flexibility index (Phi) is 10.8. The van der Waals surface area contributed by atoms with Crippen molar-refractivity contribution in [3.05, 3.63) is 166 Å². The summed E-state index contributed by atoms with van der Waals surface area (Å²) in [7, 11) is -8.99. The van der Waals surface area contributed by atoms with E-state index in [-0.39, 0.29) is 0 Å². The zero-order chi connectivity index (χ0) is 34.5. The predicted octanol–water partition coefficient (Wildman–Crippen LogP) is 7.74. The lowest BCUT2D eigenvalue weighted by molar-refractivity contribution is -0.545. The lowest BCUT2D eigenvalue weighted by Crippen LogP contribution is -2.34. The van der Waals surface area contributed by atoms with E-state index in [0.717, 1.165) is 22.3 Å². The Morgan fingerprint density at radius 1 is 0.708 bits per heavy atom. The minimum absolute atomic E-state index is 0.308. The van der Waals surface area contributed by atoms with Crippen LogP contribution in [-0.4, -0.2) is 49.3 Å². The standard InChI is InChI=1S/C37H35ClN2O6S2/c1-3-39(36(47(41,42)43)29-13-7-5-8-14-29)31-23-19-27(20-24-31)35(33-17-11-12-18-34(33)38)28-21-25-32(26-22-28)40(4-2)37(48(44,45)46)30-15-9-6-10-16-30/h5-26,36-37H,3-4H2,1-2H3,(H-,41,42,43,44,45,46)/p+1/t36-,37-/m0/s1. The predicted molar refractivity (Wildman–Crippen MR) is 192 cm³/mol. The third kappa shape index (κ3) is 7.69. The van der Waals surface area contributed by atoms with Crippen molar-refractivity contribution in [3.63, 3.8) is 0 Å². The third-order valence-electron chi connectivity index (χ3n) is 8.10. The van der Waals surface area contributed by atoms with Gasteiger partial charge in [0.15, 0.2) is 5.37 Å². The van der Waals surface area contributed by atoms with Crippen molar-refractivity contribution >= 4 is 48.8 Å². The van der Waals surface area contributed by atoms with E-state index in [1.54, 1.807) is 100 Å². The van der Waals surface area contributed by atoms with Crippen molar-refractivity contribution in [3.8, 4) is 0 Å². The highest BCUT2D eigenvalue weighted by Gasteiger charge is 2.37. The van der Waals surface area contributed by atoms with Crippen LogP contribution in [0.5, 0.6) is 0 Å². The summed E-state index contributed by atoms with van der Waals surface area (Å²) in [5.74, 6) is 0. The van der Waals surface area contributed by atoms with Crippen LogP contribution in [0.1, 0.15) is 46.8 Å². The lowest BCUT2D eigenvalue weighted by Gasteiger charge is -2.31. The summed E-state index contributed by atoms with van der Waals surface area (Å²) < 4.78 is 72.5. The molecule has 0 saturated carbocycles. The van der Waals surface area contributed by atoms with Crippen LogP contribution in [0.4, 0.5) is 5.69 Å². The fourth-order valence-electron chi connectivity index (χ4n) is 6.01. The summed E-state index contributed by atoms with van der Waals surface area (Å²) in [6.07, 6.45) is 7.36. The van der Waals surface area contributed by atoms with E-state index in [0.29, 0.717) is 40.6 Å². The van der Waals surface area contributed by atoms with Crippen molar-refractivity contribution < 1.29 is 30.5 Å². The topological polar surface area (TPSA) is 115 Å². The molecule has 248 valence electrons. The summed E-state index contributed by atoms with van der Waals surface area (Å²) in [4.78, 5) is 1.62. The van der Waals surface area contributed by atoms with E-state index in [2.05, 4.69) is 0 Å². The van der Waals surface area contributed by atoms with Crippen molar-refractivity contribution in [1.82, 2.24) is 0 Å². The molecule has 0 saturated heterocycles. The molecule has 0 bridgehead atoms. The van der Waals surface area contributed by atoms with E-state index in [9.17, 15) is 25.9 Å². The van der Waals surface area contributed by atoms with E-state index in [1.165, 1.54) is 0 Å². The highest BCUT2D eigenvalue weighted by Crippen LogP contribution is 2.37. The molecule has 0 aromatic heterocycles. The molecule has 0 radical (unpaired) electrons. The molecule has 4 aromatic carbocycles. The zero-order valence-electron chi connectivity index (χ0n) is 26.4. The van der Waals surface area contributed by atoms with Crippen molar-refractivity contribution in [2.45, 2.75) is 24.6 Å². The first kappa shape index (κ1) is 35.0. The Bertz CT molecular complexity index is 2090. The minimum Gasteiger partial charge on any atom is -0.350 e. The summed E-state index contributed by atoms with van der Waals surface area (Å²) >= 11 is 6.72. The van der Waals surface area contributed by atoms with Crippen LogP contribution < -0.4 is 4.90 Å². The Hall–Kier alpha value is -4.32. The Balaban J connectivity index is 1.60. The van der Waals surface area contributed by atoms with Gasteiger partial charge >= 0.3 is 15.5 Å². The maximum atomic E-state index is 12.6. The van der Waals surface area contributed by atoms with Crippen LogP contribution >= 0.6 is 11.6 Å². The number of hydrogen-bond acceptors (Lipinski definition) is 5. The van der Waals surface area contributed by atoms with Gasteiger partial charge in [0.05, 0.1) is 0 Å². The maximum Gasteiger partial charge on any atom is 0.334 e. The average molecular weight is 704 g/mol. The first-order valence-corrected chi connectivity index (χ1v) is 18.7. The Morgan fingerprint density at radius 3 is 1.75 bits per heavy atom. The number of nitrogens with zero attached hydrogens (tertiary/aromatic N) is 2. The fraction of sp³-hybridized carbons (Fsp3) is 0.162. The first-order valence-electron chi connectivity index (χ1n) is 15.3. The number of halogens is 1. The maximum absolute atomic E-state index is 12.6. The van der Waals surface area contributed by atoms with Crippen molar-refractivity contribution in [2.75, 3.05) is 18.0 Å². The summed E-state index contributed by atoms with van der Waals surface area (Å²) in [5.41, 5.74) is 5.23. The molecule has 0 heterocycles. The molecule has 48 heavy (non-hydrogen) atoms. The van der Waals surface area contributed by atoms with Crippen LogP contribution in [0.3, 0.4) is 0 Å². The van der Waals surface area contributed by atoms with Gasteiger partial charge in [-0.3, -0.25) is 9.11 Å². The third-order valence-corrected chi connectivity index (χ3v) is 10.6. The summed E-state index contributed by atoms with van der Waals surface area (Å²) in [6, 6.07) is 31.9. The van der Waals surface area contributed by atoms with E-state index < -0.39 is 31.0 Å². The number of anilines is 1. The van der Waals surface area contributed by atoms with Gasteiger partial charge in [0, 0.05) is 40.5 Å². The van der Waals surface area contributed by atoms with Gasteiger partial charge in [0.25, 0.3) is 10.1 Å². The average Bonchev–Trinajstić information content (AvgIpc) is 3.07. The second-order valence-corrected chi connectivity index (χ2v) is 14.4. The molecule has 11 heteroatoms. The zero-order valence-corrected chi connectivity index (χ0v) is 28.8. The molecule has 1 aliphatic rings. The highest BCUT2D eigenvalue weighted by atomic mass is 35.5. The molecular weight excluding hydrogens is 668 g/mol. The normalized spacial score (nSPS) is 14.4. The number of benzene rings is 4. The largest absolute Gasteiger partial charge is 0.350 e. The van der Waals surface area contributed by atoms with Crippen LogP contribution in [0, 0.1) is 0 Å². The molecule has 1 aliphatic carbocycles. The van der Waals surface area contributed by atoms with E-state index in [1.807, 2.05) is 56.3 Å². The van der Waals surface area contributed by atoms with Crippen LogP contribution in [0.2, 0.25) is 5.02 Å². The van der Waals surface area contributed by atoms with Crippen LogP contribution in [-0.2, 0) is 20.2 Å². The SMILES string of the molecule is CCN(c1ccc(C(=C2C=CC(=[N+](CC)[C@H](c3ccccc3)S(=O)(=O)O)C=C2)c2ccccc2Cl)cc1)[C@H](c1ccccc1)S(=O)(=O)O. The van der Waals surface area contributed by atoms with Gasteiger partial charge < -0.3 is 4.90 Å². The molecule has 2 atom stereocenters. The highest BCUT2D eigenvalue weighted by molar-refractivity contribution is 7.86. The molecule has 5 rings (SSSR count). The Morgan fingerprint density at radius 2 is 1.25 bits per heavy atom. The van der Waals surface area contributed by atoms with Gasteiger partial charge in [-0.1, -0.05) is 103 Å². The van der Waals surface area contributed by atoms with E-state index >= 15 is 0 Å². The van der Waals surface area contributed by atoms with E-state index in [4.69, 9.17) is 11.6 Å². The van der Waals surface area contributed by atoms with Crippen molar-refractivity contribution in [2.24, 2.45) is 0 Å². The van der Waals surface area contributed by atoms with Gasteiger partial charge in [-0.15, -0.1) is 0 Å². The molecule has 0 spiro atoms. The summed E-state index contributed by atoms with van der Waals surface area (Å²) in [5, 5.41) is -2.06. The molecule has 0 amide bonds. The second kappa shape index (κ2) is 14.8. The van der Waals surface area contributed by atoms with Crippen LogP contribution in [0.25, 0.3) is 5.57 Å². The lowest BCUT2D eigenvalue weighted by atomic mass is 9.90. The Labute approximate surface area is 287 Å². The van der Waals surface area contributed by atoms with Gasteiger partial charge in [-0.2, -0.15) is 16.8 Å². The fourth-order valence-corrected chi connectivity index (χ4v) is 8.43. The molecule has 4 aromatic rings. The molecule has 8 nitrogen and oxygen atoms in total. The smallest absolute Gasteiger partial charge is 0.334 e. The quantitative estimate of drug-likeness (QED) is 0.121.